The summed E-state index contributed by atoms with van der Waals surface area (Å²) in [6.07, 6.45) is 3.56. The summed E-state index contributed by atoms with van der Waals surface area (Å²) in [6, 6.07) is 11.7. The summed E-state index contributed by atoms with van der Waals surface area (Å²) >= 11 is 0. The topological polar surface area (TPSA) is 25.8 Å². The number of aromatic nitrogens is 2. The fourth-order valence-electron chi connectivity index (χ4n) is 1.51. The van der Waals surface area contributed by atoms with Gasteiger partial charge in [-0.15, -0.1) is 0 Å². The molecule has 2 nitrogen and oxygen atoms in total. The van der Waals surface area contributed by atoms with Crippen molar-refractivity contribution < 1.29 is 0 Å². The van der Waals surface area contributed by atoms with Crippen molar-refractivity contribution in [3.63, 3.8) is 0 Å². The molecule has 0 amide bonds. The highest BCUT2D eigenvalue weighted by Crippen LogP contribution is 2.27. The number of pyridine rings is 2. The van der Waals surface area contributed by atoms with Gasteiger partial charge in [0.15, 0.2) is 0 Å². The quantitative estimate of drug-likeness (QED) is 0.739. The van der Waals surface area contributed by atoms with Crippen molar-refractivity contribution in [3.8, 4) is 0 Å². The van der Waals surface area contributed by atoms with Gasteiger partial charge in [0.2, 0.25) is 0 Å². The number of nitrogens with zero attached hydrogens (tertiary/aromatic N) is 2. The summed E-state index contributed by atoms with van der Waals surface area (Å²) in [7, 11) is 0. The molecule has 0 unspecified atom stereocenters. The van der Waals surface area contributed by atoms with E-state index < -0.39 is 0 Å². The lowest BCUT2D eigenvalue weighted by Crippen LogP contribution is -2.22. The van der Waals surface area contributed by atoms with Crippen LogP contribution >= 0.6 is 0 Å². The van der Waals surface area contributed by atoms with E-state index in [-0.39, 0.29) is 5.41 Å². The maximum Gasteiger partial charge on any atom is 0.0522 e. The Kier molecular flexibility index (Phi) is 2.50. The SMILES string of the molecule is [CH2]C(C)(c1ccccn1)c1ccccn1. The molecule has 2 aromatic heterocycles. The second-order valence-corrected chi connectivity index (χ2v) is 3.76. The molecule has 0 aromatic carbocycles. The third-order valence-electron chi connectivity index (χ3n) is 2.46. The Balaban J connectivity index is 2.44. The Hall–Kier alpha value is -1.70. The van der Waals surface area contributed by atoms with Crippen molar-refractivity contribution in [1.29, 1.82) is 0 Å². The fraction of sp³-hybridized carbons (Fsp3) is 0.154. The molecule has 1 radical (unpaired) electrons. The van der Waals surface area contributed by atoms with Gasteiger partial charge < -0.3 is 0 Å². The zero-order valence-electron chi connectivity index (χ0n) is 8.72. The van der Waals surface area contributed by atoms with E-state index >= 15 is 0 Å². The molecule has 0 atom stereocenters. The predicted octanol–water partition coefficient (Wildman–Crippen LogP) is 2.62. The van der Waals surface area contributed by atoms with E-state index in [2.05, 4.69) is 16.9 Å². The van der Waals surface area contributed by atoms with Crippen molar-refractivity contribution in [2.45, 2.75) is 12.3 Å². The summed E-state index contributed by atoms with van der Waals surface area (Å²) < 4.78 is 0. The van der Waals surface area contributed by atoms with Crippen molar-refractivity contribution in [3.05, 3.63) is 67.1 Å². The van der Waals surface area contributed by atoms with Crippen LogP contribution in [0.2, 0.25) is 0 Å². The lowest BCUT2D eigenvalue weighted by Gasteiger charge is -2.22. The first-order valence-electron chi connectivity index (χ1n) is 4.89. The molecule has 0 N–H and O–H groups in total. The van der Waals surface area contributed by atoms with Crippen LogP contribution in [0.1, 0.15) is 18.3 Å². The summed E-state index contributed by atoms with van der Waals surface area (Å²) in [6.45, 7) is 6.21. The van der Waals surface area contributed by atoms with Gasteiger partial charge in [0.25, 0.3) is 0 Å². The van der Waals surface area contributed by atoms with Crippen LogP contribution in [0, 0.1) is 6.92 Å². The van der Waals surface area contributed by atoms with Gasteiger partial charge in [-0.1, -0.05) is 12.1 Å². The van der Waals surface area contributed by atoms with Gasteiger partial charge in [-0.2, -0.15) is 0 Å². The molecule has 0 saturated carbocycles. The van der Waals surface area contributed by atoms with Crippen LogP contribution in [0.15, 0.2) is 48.8 Å². The van der Waals surface area contributed by atoms with E-state index in [4.69, 9.17) is 0 Å². The molecule has 0 spiro atoms. The molecule has 0 saturated heterocycles. The van der Waals surface area contributed by atoms with Gasteiger partial charge in [-0.25, -0.2) is 0 Å². The third kappa shape index (κ3) is 1.89. The molecule has 2 aromatic rings. The minimum atomic E-state index is -0.386. The van der Waals surface area contributed by atoms with Gasteiger partial charge in [0.05, 0.1) is 16.8 Å². The summed E-state index contributed by atoms with van der Waals surface area (Å²) in [5, 5.41) is 0. The highest BCUT2D eigenvalue weighted by molar-refractivity contribution is 5.31. The van der Waals surface area contributed by atoms with Gasteiger partial charge in [-0.05, 0) is 38.1 Å². The van der Waals surface area contributed by atoms with Crippen LogP contribution in [0.3, 0.4) is 0 Å². The van der Waals surface area contributed by atoms with Gasteiger partial charge in [-0.3, -0.25) is 9.97 Å². The van der Waals surface area contributed by atoms with E-state index in [9.17, 15) is 0 Å². The van der Waals surface area contributed by atoms with E-state index in [1.54, 1.807) is 12.4 Å². The second-order valence-electron chi connectivity index (χ2n) is 3.76. The molecule has 2 heteroatoms. The monoisotopic (exact) mass is 197 g/mol. The predicted molar refractivity (Wildman–Crippen MR) is 60.3 cm³/mol. The van der Waals surface area contributed by atoms with Crippen LogP contribution in [-0.2, 0) is 5.41 Å². The maximum absolute atomic E-state index is 4.32. The molecule has 15 heavy (non-hydrogen) atoms. The molecule has 2 rings (SSSR count). The average Bonchev–Trinajstić information content (AvgIpc) is 2.31. The second kappa shape index (κ2) is 3.81. The molecule has 0 aliphatic rings. The Bertz CT molecular complexity index is 379. The first-order chi connectivity index (χ1) is 7.21. The number of rotatable bonds is 2. The molecule has 0 aliphatic heterocycles. The molecule has 0 aliphatic carbocycles. The van der Waals surface area contributed by atoms with Crippen molar-refractivity contribution in [1.82, 2.24) is 9.97 Å². The molecular formula is C13H13N2. The number of hydrogen-bond acceptors (Lipinski definition) is 2. The molecule has 2 heterocycles. The first-order valence-corrected chi connectivity index (χ1v) is 4.89. The summed E-state index contributed by atoms with van der Waals surface area (Å²) in [5.74, 6) is 0. The van der Waals surface area contributed by atoms with Gasteiger partial charge >= 0.3 is 0 Å². The van der Waals surface area contributed by atoms with Crippen molar-refractivity contribution in [2.75, 3.05) is 0 Å². The smallest absolute Gasteiger partial charge is 0.0522 e. The van der Waals surface area contributed by atoms with Crippen LogP contribution in [0.5, 0.6) is 0 Å². The van der Waals surface area contributed by atoms with Crippen LogP contribution in [-0.4, -0.2) is 9.97 Å². The van der Waals surface area contributed by atoms with Gasteiger partial charge in [0, 0.05) is 12.4 Å². The highest BCUT2D eigenvalue weighted by Gasteiger charge is 2.25. The standard InChI is InChI=1S/C13H13N2/c1-13(2,11-7-3-5-9-14-11)12-8-4-6-10-15-12/h3-10H,1H2,2H3. The van der Waals surface area contributed by atoms with Crippen LogP contribution in [0.25, 0.3) is 0 Å². The Morgan fingerprint density at radius 3 is 1.73 bits per heavy atom. The Morgan fingerprint density at radius 2 is 1.40 bits per heavy atom. The van der Waals surface area contributed by atoms with Crippen LogP contribution in [0.4, 0.5) is 0 Å². The highest BCUT2D eigenvalue weighted by atomic mass is 14.8. The first kappa shape index (κ1) is 9.84. The third-order valence-corrected chi connectivity index (χ3v) is 2.46. The summed E-state index contributed by atoms with van der Waals surface area (Å²) in [5.41, 5.74) is 1.48. The molecular weight excluding hydrogens is 184 g/mol. The average molecular weight is 197 g/mol. The lowest BCUT2D eigenvalue weighted by atomic mass is 9.85. The van der Waals surface area contributed by atoms with E-state index in [0.29, 0.717) is 0 Å². The van der Waals surface area contributed by atoms with Crippen molar-refractivity contribution in [2.24, 2.45) is 0 Å². The van der Waals surface area contributed by atoms with E-state index in [1.807, 2.05) is 43.3 Å². The largest absolute Gasteiger partial charge is 0.260 e. The lowest BCUT2D eigenvalue weighted by molar-refractivity contribution is 0.663. The molecule has 0 fully saturated rings. The minimum Gasteiger partial charge on any atom is -0.260 e. The maximum atomic E-state index is 4.32. The zero-order chi connectivity index (χ0) is 10.7. The summed E-state index contributed by atoms with van der Waals surface area (Å²) in [4.78, 5) is 8.65. The van der Waals surface area contributed by atoms with Crippen LogP contribution < -0.4 is 0 Å². The van der Waals surface area contributed by atoms with E-state index in [0.717, 1.165) is 11.4 Å². The normalized spacial score (nSPS) is 11.3. The molecule has 75 valence electrons. The fourth-order valence-corrected chi connectivity index (χ4v) is 1.51. The Labute approximate surface area is 90.0 Å². The van der Waals surface area contributed by atoms with E-state index in [1.165, 1.54) is 0 Å². The Morgan fingerprint density at radius 1 is 0.933 bits per heavy atom. The minimum absolute atomic E-state index is 0.386. The zero-order valence-corrected chi connectivity index (χ0v) is 8.72. The van der Waals surface area contributed by atoms with Gasteiger partial charge in [0.1, 0.15) is 0 Å². The number of hydrogen-bond donors (Lipinski definition) is 0. The van der Waals surface area contributed by atoms with Crippen molar-refractivity contribution >= 4 is 0 Å². The molecule has 0 bridgehead atoms.